The Bertz CT molecular complexity index is 1240. The molecule has 15 nitrogen and oxygen atoms in total. The van der Waals surface area contributed by atoms with Crippen LogP contribution >= 0.6 is 0 Å². The van der Waals surface area contributed by atoms with Crippen molar-refractivity contribution >= 4 is 11.9 Å². The zero-order chi connectivity index (χ0) is 49.6. The fraction of sp³-hybridized carbons (Fsp3) is 0.925. The number of rotatable bonds is 43. The smallest absolute Gasteiger partial charge is 0.306 e. The first-order valence-electron chi connectivity index (χ1n) is 27.3. The van der Waals surface area contributed by atoms with Crippen molar-refractivity contribution in [2.75, 3.05) is 26.4 Å². The molecular weight excluding hydrogens is 877 g/mol. The Morgan fingerprint density at radius 2 is 0.838 bits per heavy atom. The predicted octanol–water partition coefficient (Wildman–Crippen LogP) is 8.16. The molecule has 0 amide bonds. The van der Waals surface area contributed by atoms with Crippen LogP contribution in [0, 0.1) is 0 Å². The van der Waals surface area contributed by atoms with Gasteiger partial charge in [0.05, 0.1) is 19.8 Å². The second-order valence-electron chi connectivity index (χ2n) is 19.4. The van der Waals surface area contributed by atoms with Gasteiger partial charge in [0, 0.05) is 12.8 Å². The maximum Gasteiger partial charge on any atom is 0.306 e. The van der Waals surface area contributed by atoms with E-state index in [-0.39, 0.29) is 26.1 Å². The van der Waals surface area contributed by atoms with Crippen molar-refractivity contribution in [3.63, 3.8) is 0 Å². The van der Waals surface area contributed by atoms with Gasteiger partial charge in [-0.1, -0.05) is 180 Å². The molecule has 7 N–H and O–H groups in total. The standard InChI is InChI=1S/C53H98O15/c1-3-5-7-9-11-13-15-17-18-19-20-21-22-23-24-26-27-29-31-33-35-44(55)63-38-41(66-45(56)36-34-32-30-28-25-16-14-12-10-8-6-4-2)39-64-52-51(62)49(60)47(58)43(68-52)40-65-53-50(61)48(59)46(57)42(37-54)67-53/h12,14,41-43,46-54,57-62H,3-11,13,15-40H2,1-2H3/b14-12+/t41-,42+,43+,46-,47-,48?,49?,50?,51?,52+,53+/m0/s1. The van der Waals surface area contributed by atoms with Crippen LogP contribution in [0.3, 0.4) is 0 Å². The summed E-state index contributed by atoms with van der Waals surface area (Å²) in [5, 5.41) is 72.1. The van der Waals surface area contributed by atoms with Crippen molar-refractivity contribution in [1.29, 1.82) is 0 Å². The van der Waals surface area contributed by atoms with E-state index in [2.05, 4.69) is 26.0 Å². The molecule has 0 aromatic heterocycles. The van der Waals surface area contributed by atoms with Gasteiger partial charge in [-0.25, -0.2) is 0 Å². The Hall–Kier alpha value is -1.76. The number of carbonyl (C=O) groups excluding carboxylic acids is 2. The first-order valence-corrected chi connectivity index (χ1v) is 27.3. The molecule has 0 aliphatic carbocycles. The molecular formula is C53H98O15. The highest BCUT2D eigenvalue weighted by Gasteiger charge is 2.47. The molecule has 400 valence electrons. The van der Waals surface area contributed by atoms with Crippen LogP contribution in [0.5, 0.6) is 0 Å². The maximum atomic E-state index is 13.0. The zero-order valence-electron chi connectivity index (χ0n) is 42.4. The minimum Gasteiger partial charge on any atom is -0.462 e. The van der Waals surface area contributed by atoms with Gasteiger partial charge < -0.3 is 64.2 Å². The van der Waals surface area contributed by atoms with Gasteiger partial charge in [-0.05, 0) is 38.5 Å². The molecule has 2 aliphatic rings. The molecule has 0 bridgehead atoms. The van der Waals surface area contributed by atoms with Crippen LogP contribution in [-0.4, -0.2) is 142 Å². The van der Waals surface area contributed by atoms with E-state index in [1.165, 1.54) is 122 Å². The summed E-state index contributed by atoms with van der Waals surface area (Å²) in [5.74, 6) is -0.924. The molecule has 4 unspecified atom stereocenters. The van der Waals surface area contributed by atoms with Crippen molar-refractivity contribution in [3.05, 3.63) is 12.2 Å². The van der Waals surface area contributed by atoms with Gasteiger partial charge in [0.15, 0.2) is 18.7 Å². The quantitative estimate of drug-likeness (QED) is 0.0174. The Kier molecular flexibility index (Phi) is 37.4. The molecule has 0 radical (unpaired) electrons. The van der Waals surface area contributed by atoms with E-state index in [9.17, 15) is 45.3 Å². The molecule has 2 rings (SSSR count). The highest BCUT2D eigenvalue weighted by Crippen LogP contribution is 2.27. The highest BCUT2D eigenvalue weighted by molar-refractivity contribution is 5.70. The summed E-state index contributed by atoms with van der Waals surface area (Å²) in [4.78, 5) is 25.8. The molecule has 0 saturated carbocycles. The number of hydrogen-bond donors (Lipinski definition) is 7. The van der Waals surface area contributed by atoms with E-state index >= 15 is 0 Å². The topological polar surface area (TPSA) is 231 Å². The molecule has 2 fully saturated rings. The van der Waals surface area contributed by atoms with E-state index in [0.29, 0.717) is 12.8 Å². The lowest BCUT2D eigenvalue weighted by Gasteiger charge is -2.42. The maximum absolute atomic E-state index is 13.0. The number of unbranched alkanes of at least 4 members (excludes halogenated alkanes) is 27. The number of aliphatic hydroxyl groups excluding tert-OH is 7. The minimum absolute atomic E-state index is 0.159. The molecule has 0 spiro atoms. The van der Waals surface area contributed by atoms with Crippen LogP contribution in [0.4, 0.5) is 0 Å². The van der Waals surface area contributed by atoms with Crippen molar-refractivity contribution in [2.24, 2.45) is 0 Å². The molecule has 15 heteroatoms. The molecule has 0 aromatic carbocycles. The lowest BCUT2D eigenvalue weighted by Crippen LogP contribution is -2.61. The third-order valence-corrected chi connectivity index (χ3v) is 13.2. The third-order valence-electron chi connectivity index (χ3n) is 13.2. The Balaban J connectivity index is 1.75. The number of allylic oxidation sites excluding steroid dienone is 2. The van der Waals surface area contributed by atoms with Crippen molar-refractivity contribution in [3.8, 4) is 0 Å². The summed E-state index contributed by atoms with van der Waals surface area (Å²) >= 11 is 0. The van der Waals surface area contributed by atoms with Crippen molar-refractivity contribution in [2.45, 2.75) is 287 Å². The largest absolute Gasteiger partial charge is 0.462 e. The Morgan fingerprint density at radius 3 is 1.32 bits per heavy atom. The monoisotopic (exact) mass is 975 g/mol. The molecule has 2 saturated heterocycles. The van der Waals surface area contributed by atoms with Crippen molar-refractivity contribution in [1.82, 2.24) is 0 Å². The van der Waals surface area contributed by atoms with E-state index in [0.717, 1.165) is 57.8 Å². The number of esters is 2. The predicted molar refractivity (Wildman–Crippen MR) is 261 cm³/mol. The average Bonchev–Trinajstić information content (AvgIpc) is 3.33. The fourth-order valence-electron chi connectivity index (χ4n) is 8.74. The normalized spacial score (nSPS) is 25.8. The van der Waals surface area contributed by atoms with Crippen LogP contribution in [0.25, 0.3) is 0 Å². The SMILES string of the molecule is CCCCC/C=C/CCCCCCCC(=O)O[C@@H](COC(=O)CCCCCCCCCCCCCCCCCCCCCC)CO[C@@H]1O[C@H](CO[C@@H]2O[C@H](CO)[C@H](O)C(O)C2O)[C@H](O)C(O)C1O. The molecule has 68 heavy (non-hydrogen) atoms. The summed E-state index contributed by atoms with van der Waals surface area (Å²) in [6.45, 7) is 2.59. The summed E-state index contributed by atoms with van der Waals surface area (Å²) in [6, 6.07) is 0. The fourth-order valence-corrected chi connectivity index (χ4v) is 8.74. The van der Waals surface area contributed by atoms with Crippen LogP contribution in [0.15, 0.2) is 12.2 Å². The Morgan fingerprint density at radius 1 is 0.456 bits per heavy atom. The second kappa shape index (κ2) is 40.8. The number of carbonyl (C=O) groups is 2. The van der Waals surface area contributed by atoms with Crippen LogP contribution in [0.1, 0.15) is 219 Å². The van der Waals surface area contributed by atoms with Crippen LogP contribution in [0.2, 0.25) is 0 Å². The lowest BCUT2D eigenvalue weighted by molar-refractivity contribution is -0.332. The first-order chi connectivity index (χ1) is 33.0. The molecule has 11 atom stereocenters. The van der Waals surface area contributed by atoms with Gasteiger partial charge in [-0.15, -0.1) is 0 Å². The van der Waals surface area contributed by atoms with Crippen molar-refractivity contribution < 1.29 is 73.8 Å². The van der Waals surface area contributed by atoms with Crippen LogP contribution in [-0.2, 0) is 38.0 Å². The molecule has 2 aliphatic heterocycles. The van der Waals surface area contributed by atoms with Gasteiger partial charge in [0.2, 0.25) is 0 Å². The van der Waals surface area contributed by atoms with Gasteiger partial charge in [-0.3, -0.25) is 9.59 Å². The van der Waals surface area contributed by atoms with Gasteiger partial charge in [0.1, 0.15) is 55.4 Å². The summed E-state index contributed by atoms with van der Waals surface area (Å²) in [7, 11) is 0. The number of ether oxygens (including phenoxy) is 6. The van der Waals surface area contributed by atoms with Gasteiger partial charge in [-0.2, -0.15) is 0 Å². The number of aliphatic hydroxyl groups is 7. The van der Waals surface area contributed by atoms with Gasteiger partial charge in [0.25, 0.3) is 0 Å². The summed E-state index contributed by atoms with van der Waals surface area (Å²) in [6.07, 6.45) is 23.9. The third kappa shape index (κ3) is 28.3. The van der Waals surface area contributed by atoms with Crippen LogP contribution < -0.4 is 0 Å². The van der Waals surface area contributed by atoms with E-state index in [1.807, 2.05) is 0 Å². The highest BCUT2D eigenvalue weighted by atomic mass is 16.7. The number of hydrogen-bond acceptors (Lipinski definition) is 15. The minimum atomic E-state index is -1.76. The average molecular weight is 975 g/mol. The van der Waals surface area contributed by atoms with E-state index in [1.54, 1.807) is 0 Å². The Labute approximate surface area is 410 Å². The summed E-state index contributed by atoms with van der Waals surface area (Å²) < 4.78 is 33.6. The summed E-state index contributed by atoms with van der Waals surface area (Å²) in [5.41, 5.74) is 0. The van der Waals surface area contributed by atoms with E-state index < -0.39 is 92.7 Å². The zero-order valence-corrected chi connectivity index (χ0v) is 42.4. The van der Waals surface area contributed by atoms with Gasteiger partial charge >= 0.3 is 11.9 Å². The second-order valence-corrected chi connectivity index (χ2v) is 19.4. The van der Waals surface area contributed by atoms with E-state index in [4.69, 9.17) is 28.4 Å². The lowest BCUT2D eigenvalue weighted by atomic mass is 9.98. The molecule has 2 heterocycles. The molecule has 0 aromatic rings. The first kappa shape index (κ1) is 62.4.